The number of aliphatic carboxylic acids is 1. The summed E-state index contributed by atoms with van der Waals surface area (Å²) in [6.45, 7) is 4.08. The van der Waals surface area contributed by atoms with Crippen LogP contribution in [0, 0.1) is 0 Å². The molecule has 0 radical (unpaired) electrons. The van der Waals surface area contributed by atoms with Gasteiger partial charge in [0.05, 0.1) is 5.54 Å². The monoisotopic (exact) mass is 692 g/mol. The minimum atomic E-state index is -5.02. The molecule has 3 aromatic rings. The number of oxime groups is 1. The van der Waals surface area contributed by atoms with Crippen LogP contribution in [0.1, 0.15) is 32.4 Å². The Balaban J connectivity index is 1.28. The number of hydrogen-bond acceptors (Lipinski definition) is 15. The van der Waals surface area contributed by atoms with Gasteiger partial charge in [0.25, 0.3) is 17.9 Å². The largest absolute Gasteiger partial charge is 0.489 e. The van der Waals surface area contributed by atoms with E-state index in [4.69, 9.17) is 19.9 Å². The number of nitrogens with two attached hydrogens (primary N) is 1. The third-order valence-electron chi connectivity index (χ3n) is 7.46. The van der Waals surface area contributed by atoms with Crippen molar-refractivity contribution in [3.05, 3.63) is 41.5 Å². The fraction of sp³-hybridized carbons (Fsp3) is 0.407. The molecule has 47 heavy (non-hydrogen) atoms. The van der Waals surface area contributed by atoms with E-state index in [9.17, 15) is 27.9 Å². The van der Waals surface area contributed by atoms with E-state index in [-0.39, 0.29) is 10.8 Å². The summed E-state index contributed by atoms with van der Waals surface area (Å²) in [5.41, 5.74) is 3.68. The summed E-state index contributed by atoms with van der Waals surface area (Å²) in [4.78, 5) is 51.5. The Morgan fingerprint density at radius 3 is 2.66 bits per heavy atom. The first kappa shape index (κ1) is 33.7. The summed E-state index contributed by atoms with van der Waals surface area (Å²) >= 11 is 0.963. The number of pyridine rings is 1. The van der Waals surface area contributed by atoms with Crippen LogP contribution in [0.25, 0.3) is 10.8 Å². The minimum Gasteiger partial charge on any atom is -0.489 e. The van der Waals surface area contributed by atoms with Crippen molar-refractivity contribution in [2.45, 2.75) is 50.4 Å². The summed E-state index contributed by atoms with van der Waals surface area (Å²) in [7, 11) is -5.02. The number of carboxylic acids is 1. The van der Waals surface area contributed by atoms with Crippen molar-refractivity contribution in [3.8, 4) is 5.75 Å². The summed E-state index contributed by atoms with van der Waals surface area (Å²) < 4.78 is 41.2. The van der Waals surface area contributed by atoms with Crippen LogP contribution >= 0.6 is 11.3 Å². The lowest BCUT2D eigenvalue weighted by Gasteiger charge is -2.50. The molecule has 0 aliphatic carbocycles. The van der Waals surface area contributed by atoms with E-state index in [2.05, 4.69) is 35.4 Å². The van der Waals surface area contributed by atoms with E-state index in [1.165, 1.54) is 19.2 Å². The van der Waals surface area contributed by atoms with Gasteiger partial charge < -0.3 is 36.4 Å². The molecule has 252 valence electrons. The lowest BCUT2D eigenvalue weighted by molar-refractivity contribution is -0.218. The number of fused-ring (bicyclic) bond motifs is 1. The summed E-state index contributed by atoms with van der Waals surface area (Å²) in [6, 6.07) is 5.99. The van der Waals surface area contributed by atoms with E-state index in [0.717, 1.165) is 53.9 Å². The van der Waals surface area contributed by atoms with E-state index >= 15 is 0 Å². The lowest BCUT2D eigenvalue weighted by Crippen LogP contribution is -2.76. The van der Waals surface area contributed by atoms with Crippen LogP contribution in [0.15, 0.2) is 41.0 Å². The molecule has 2 atom stereocenters. The number of anilines is 2. The van der Waals surface area contributed by atoms with Crippen LogP contribution in [0.2, 0.25) is 0 Å². The van der Waals surface area contributed by atoms with Gasteiger partial charge in [0.2, 0.25) is 0 Å². The molecule has 0 bridgehead atoms. The number of aromatic nitrogens is 2. The Morgan fingerprint density at radius 2 is 2.02 bits per heavy atom. The molecule has 2 unspecified atom stereocenters. The number of carboxylic acid groups (broad SMARTS) is 1. The summed E-state index contributed by atoms with van der Waals surface area (Å²) in [6.07, 6.45) is 1.93. The van der Waals surface area contributed by atoms with Crippen molar-refractivity contribution in [3.63, 3.8) is 0 Å². The molecule has 20 heteroatoms. The van der Waals surface area contributed by atoms with Crippen molar-refractivity contribution in [2.24, 2.45) is 5.16 Å². The molecule has 4 heterocycles. The van der Waals surface area contributed by atoms with Gasteiger partial charge in [-0.3, -0.25) is 14.1 Å². The number of hydroxylamine groups is 2. The van der Waals surface area contributed by atoms with Crippen LogP contribution in [0.5, 0.6) is 5.75 Å². The molecular formula is C27H32N8O10S2. The summed E-state index contributed by atoms with van der Waals surface area (Å²) in [5, 5.41) is 26.2. The quantitative estimate of drug-likeness (QED) is 0.0618. The van der Waals surface area contributed by atoms with Gasteiger partial charge in [0.15, 0.2) is 10.8 Å². The van der Waals surface area contributed by atoms with Crippen molar-refractivity contribution in [1.29, 1.82) is 0 Å². The molecule has 0 saturated carbocycles. The number of piperidine rings is 1. The standard InChI is InChI=1S/C27H32N8O10S2/c1-27(2)21(24(37)35(27)45-47(40,41)42)33-23(36)20(18-13-46-26(28)32-18)34-44-19(25(38)39)12-43-16-3-4-17-14(11-16)5-10-30-22(17)31-15-6-8-29-9-7-15/h3-5,10-11,13,15,19,21,29H,6-9,12H2,1-2H3,(H2,28,32)(H,30,31)(H,33,36)(H,38,39)(H,40,41,42)/b34-20-. The Bertz CT molecular complexity index is 1810. The fourth-order valence-corrected chi connectivity index (χ4v) is 5.98. The van der Waals surface area contributed by atoms with E-state index < -0.39 is 58.2 Å². The number of nitrogens with one attached hydrogen (secondary N) is 3. The van der Waals surface area contributed by atoms with E-state index in [1.54, 1.807) is 24.4 Å². The molecule has 2 aliphatic heterocycles. The van der Waals surface area contributed by atoms with Crippen molar-refractivity contribution in [1.82, 2.24) is 25.7 Å². The van der Waals surface area contributed by atoms with Crippen LogP contribution in [-0.4, -0.2) is 100 Å². The van der Waals surface area contributed by atoms with E-state index in [1.807, 2.05) is 6.07 Å². The highest BCUT2D eigenvalue weighted by Gasteiger charge is 2.58. The van der Waals surface area contributed by atoms with Gasteiger partial charge in [-0.1, -0.05) is 5.16 Å². The number of benzene rings is 1. The van der Waals surface area contributed by atoms with Crippen LogP contribution in [0.4, 0.5) is 10.9 Å². The third kappa shape index (κ3) is 7.85. The fourth-order valence-electron chi connectivity index (χ4n) is 4.98. The first-order chi connectivity index (χ1) is 22.2. The average molecular weight is 693 g/mol. The SMILES string of the molecule is CC1(C)C(NC(=O)/C(=N\OC(COc2ccc3c(NC4CCNCC4)nccc3c2)C(=O)O)c2csc(N)n2)C(=O)N1OS(=O)(=O)O. The highest BCUT2D eigenvalue weighted by Crippen LogP contribution is 2.33. The second-order valence-corrected chi connectivity index (χ2v) is 13.1. The Hall–Kier alpha value is -4.63. The Morgan fingerprint density at radius 1 is 1.28 bits per heavy atom. The normalized spacial score (nSPS) is 19.1. The van der Waals surface area contributed by atoms with Gasteiger partial charge in [-0.25, -0.2) is 14.8 Å². The van der Waals surface area contributed by atoms with Crippen molar-refractivity contribution in [2.75, 3.05) is 30.7 Å². The second-order valence-electron chi connectivity index (χ2n) is 11.2. The number of carbonyl (C=O) groups is 3. The van der Waals surface area contributed by atoms with Crippen LogP contribution in [0.3, 0.4) is 0 Å². The topological polar surface area (TPSA) is 257 Å². The summed E-state index contributed by atoms with van der Waals surface area (Å²) in [5.74, 6) is -2.37. The number of rotatable bonds is 13. The maximum atomic E-state index is 13.3. The highest BCUT2D eigenvalue weighted by molar-refractivity contribution is 7.80. The average Bonchev–Trinajstić information content (AvgIpc) is 3.45. The Kier molecular flexibility index (Phi) is 9.77. The first-order valence-corrected chi connectivity index (χ1v) is 16.5. The number of amides is 2. The number of carbonyl (C=O) groups excluding carboxylic acids is 2. The molecule has 2 aromatic heterocycles. The zero-order valence-electron chi connectivity index (χ0n) is 25.1. The number of thiazole rings is 1. The zero-order chi connectivity index (χ0) is 33.9. The van der Waals surface area contributed by atoms with Gasteiger partial charge in [-0.05, 0) is 69.4 Å². The molecule has 0 spiro atoms. The van der Waals surface area contributed by atoms with Gasteiger partial charge in [0, 0.05) is 23.0 Å². The number of nitrogen functional groups attached to an aromatic ring is 1. The van der Waals surface area contributed by atoms with Crippen LogP contribution in [-0.2, 0) is 33.9 Å². The minimum absolute atomic E-state index is 0.0620. The molecule has 2 amide bonds. The van der Waals surface area contributed by atoms with Gasteiger partial charge in [-0.15, -0.1) is 15.6 Å². The predicted molar refractivity (Wildman–Crippen MR) is 168 cm³/mol. The maximum absolute atomic E-state index is 13.3. The first-order valence-electron chi connectivity index (χ1n) is 14.2. The highest BCUT2D eigenvalue weighted by atomic mass is 32.3. The number of hydrogen-bond donors (Lipinski definition) is 6. The van der Waals surface area contributed by atoms with Crippen LogP contribution < -0.4 is 26.4 Å². The molecule has 2 aliphatic rings. The van der Waals surface area contributed by atoms with Gasteiger partial charge in [-0.2, -0.15) is 13.5 Å². The molecule has 1 aromatic carbocycles. The van der Waals surface area contributed by atoms with Crippen molar-refractivity contribution < 1.29 is 46.3 Å². The van der Waals surface area contributed by atoms with Gasteiger partial charge >= 0.3 is 16.4 Å². The number of ether oxygens (including phenoxy) is 1. The smallest absolute Gasteiger partial charge is 0.418 e. The zero-order valence-corrected chi connectivity index (χ0v) is 26.7. The van der Waals surface area contributed by atoms with Gasteiger partial charge in [0.1, 0.15) is 29.9 Å². The molecule has 2 fully saturated rings. The second kappa shape index (κ2) is 13.6. The van der Waals surface area contributed by atoms with E-state index in [0.29, 0.717) is 16.9 Å². The molecule has 7 N–H and O–H groups in total. The molecular weight excluding hydrogens is 660 g/mol. The maximum Gasteiger partial charge on any atom is 0.418 e. The lowest BCUT2D eigenvalue weighted by atomic mass is 9.84. The molecule has 2 saturated heterocycles. The van der Waals surface area contributed by atoms with Crippen molar-refractivity contribution >= 4 is 67.0 Å². The number of β-lactam (4-membered cyclic amide) rings is 1. The predicted octanol–water partition coefficient (Wildman–Crippen LogP) is 0.530. The molecule has 5 rings (SSSR count). The molecule has 18 nitrogen and oxygen atoms in total. The third-order valence-corrected chi connectivity index (χ3v) is 8.48. The number of nitrogens with zero attached hydrogens (tertiary/aromatic N) is 4. The Labute approximate surface area is 272 Å².